The highest BCUT2D eigenvalue weighted by atomic mass is 16.5. The van der Waals surface area contributed by atoms with Gasteiger partial charge in [0.15, 0.2) is 0 Å². The fourth-order valence-electron chi connectivity index (χ4n) is 6.15. The van der Waals surface area contributed by atoms with Crippen molar-refractivity contribution >= 4 is 0 Å². The van der Waals surface area contributed by atoms with Crippen LogP contribution in [0, 0.1) is 55.4 Å². The lowest BCUT2D eigenvalue weighted by atomic mass is 9.76. The van der Waals surface area contributed by atoms with Crippen LogP contribution in [0.5, 0.6) is 34.5 Å². The Hall–Kier alpha value is -3.92. The Kier molecular flexibility index (Phi) is 10.6. The van der Waals surface area contributed by atoms with Gasteiger partial charge in [-0.25, -0.2) is 0 Å². The smallest absolute Gasteiger partial charge is 0.133 e. The lowest BCUT2D eigenvalue weighted by molar-refractivity contribution is 0.312. The number of hydrogen-bond acceptors (Lipinski definition) is 4. The summed E-state index contributed by atoms with van der Waals surface area (Å²) in [5, 5.41) is 0. The Morgan fingerprint density at radius 1 is 0.422 bits per heavy atom. The largest absolute Gasteiger partial charge is 0.493 e. The minimum atomic E-state index is -0.223. The van der Waals surface area contributed by atoms with Gasteiger partial charge in [0.1, 0.15) is 34.5 Å². The molecule has 0 bridgehead atoms. The second kappa shape index (κ2) is 14.0. The Balaban J connectivity index is 1.60. The quantitative estimate of drug-likeness (QED) is 0.160. The van der Waals surface area contributed by atoms with E-state index in [0.717, 1.165) is 91.8 Å². The van der Waals surface area contributed by atoms with Crippen LogP contribution in [0.2, 0.25) is 0 Å². The van der Waals surface area contributed by atoms with Crippen molar-refractivity contribution < 1.29 is 18.9 Å². The molecule has 0 saturated carbocycles. The van der Waals surface area contributed by atoms with Crippen LogP contribution in [0.3, 0.4) is 0 Å². The molecular weight excluding hydrogens is 556 g/mol. The Bertz CT molecular complexity index is 1460. The molecule has 0 atom stereocenters. The zero-order valence-corrected chi connectivity index (χ0v) is 29.6. The topological polar surface area (TPSA) is 36.9 Å². The first-order valence-electron chi connectivity index (χ1n) is 16.3. The van der Waals surface area contributed by atoms with E-state index in [0.29, 0.717) is 13.2 Å². The third-order valence-electron chi connectivity index (χ3n) is 8.57. The lowest BCUT2D eigenvalue weighted by Gasteiger charge is -2.29. The predicted molar refractivity (Wildman–Crippen MR) is 188 cm³/mol. The van der Waals surface area contributed by atoms with E-state index in [1.165, 1.54) is 11.1 Å². The van der Waals surface area contributed by atoms with Crippen LogP contribution in [0.4, 0.5) is 0 Å². The van der Waals surface area contributed by atoms with E-state index in [4.69, 9.17) is 18.9 Å². The monoisotopic (exact) mass is 608 g/mol. The van der Waals surface area contributed by atoms with Gasteiger partial charge < -0.3 is 18.9 Å². The molecule has 0 aromatic heterocycles. The zero-order valence-electron chi connectivity index (χ0n) is 29.6. The predicted octanol–water partition coefficient (Wildman–Crippen LogP) is 11.6. The fraction of sp³-hybridized carbons (Fsp3) is 0.415. The molecule has 4 aromatic carbocycles. The molecule has 0 spiro atoms. The molecule has 4 nitrogen and oxygen atoms in total. The molecular formula is C41H52O4. The van der Waals surface area contributed by atoms with Crippen LogP contribution in [0.15, 0.2) is 48.5 Å². The summed E-state index contributed by atoms with van der Waals surface area (Å²) in [4.78, 5) is 0. The highest BCUT2D eigenvalue weighted by molar-refractivity contribution is 5.55. The maximum absolute atomic E-state index is 6.51. The Morgan fingerprint density at radius 3 is 0.956 bits per heavy atom. The first-order valence-corrected chi connectivity index (χ1v) is 16.3. The van der Waals surface area contributed by atoms with E-state index < -0.39 is 0 Å². The van der Waals surface area contributed by atoms with Gasteiger partial charge in [-0.3, -0.25) is 0 Å². The van der Waals surface area contributed by atoms with Crippen LogP contribution < -0.4 is 18.9 Å². The minimum Gasteiger partial charge on any atom is -0.493 e. The zero-order chi connectivity index (χ0) is 33.1. The molecule has 4 heteroatoms. The third kappa shape index (κ3) is 7.49. The molecule has 0 radical (unpaired) electrons. The van der Waals surface area contributed by atoms with Gasteiger partial charge >= 0.3 is 0 Å². The number of aryl methyl sites for hydroxylation is 8. The van der Waals surface area contributed by atoms with Gasteiger partial charge in [0.05, 0.1) is 13.2 Å². The summed E-state index contributed by atoms with van der Waals surface area (Å²) in [6, 6.07) is 17.4. The third-order valence-corrected chi connectivity index (χ3v) is 8.57. The van der Waals surface area contributed by atoms with Crippen molar-refractivity contribution in [2.45, 2.75) is 101 Å². The van der Waals surface area contributed by atoms with Gasteiger partial charge in [0, 0.05) is 5.41 Å². The van der Waals surface area contributed by atoms with Crippen molar-refractivity contribution in [3.8, 4) is 34.5 Å². The summed E-state index contributed by atoms with van der Waals surface area (Å²) in [5.41, 5.74) is 11.1. The van der Waals surface area contributed by atoms with Crippen molar-refractivity contribution in [2.75, 3.05) is 13.2 Å². The minimum absolute atomic E-state index is 0.223. The molecule has 0 aliphatic heterocycles. The molecule has 0 saturated heterocycles. The van der Waals surface area contributed by atoms with Crippen LogP contribution in [0.25, 0.3) is 0 Å². The van der Waals surface area contributed by atoms with Crippen LogP contribution in [0.1, 0.15) is 96.2 Å². The summed E-state index contributed by atoms with van der Waals surface area (Å²) in [7, 11) is 0. The van der Waals surface area contributed by atoms with Crippen LogP contribution in [-0.2, 0) is 5.41 Å². The molecule has 4 rings (SSSR count). The molecule has 0 fully saturated rings. The average Bonchev–Trinajstić information content (AvgIpc) is 2.96. The summed E-state index contributed by atoms with van der Waals surface area (Å²) >= 11 is 0. The molecule has 0 heterocycles. The molecule has 0 N–H and O–H groups in total. The first kappa shape index (κ1) is 34.0. The van der Waals surface area contributed by atoms with Crippen LogP contribution >= 0.6 is 0 Å². The first-order chi connectivity index (χ1) is 21.3. The SMILES string of the molecule is CCCOc1c(C)cc(Oc2c(C)cc(C(C)(C)c3cc(C)c(Oc4cc(C)c(OCCC)c(C)c4)c(C)c3)cc2C)cc1C. The maximum Gasteiger partial charge on any atom is 0.133 e. The molecule has 4 aromatic rings. The molecule has 0 unspecified atom stereocenters. The number of rotatable bonds is 12. The fourth-order valence-corrected chi connectivity index (χ4v) is 6.15. The Morgan fingerprint density at radius 2 is 0.689 bits per heavy atom. The number of benzene rings is 4. The van der Waals surface area contributed by atoms with Gasteiger partial charge in [-0.05, 0) is 148 Å². The molecule has 0 aliphatic carbocycles. The van der Waals surface area contributed by atoms with E-state index in [9.17, 15) is 0 Å². The molecule has 0 amide bonds. The summed E-state index contributed by atoms with van der Waals surface area (Å²) in [6.45, 7) is 27.1. The average molecular weight is 609 g/mol. The highest BCUT2D eigenvalue weighted by Crippen LogP contribution is 2.41. The number of ether oxygens (including phenoxy) is 4. The van der Waals surface area contributed by atoms with Crippen molar-refractivity contribution in [3.63, 3.8) is 0 Å². The van der Waals surface area contributed by atoms with Crippen molar-refractivity contribution in [1.29, 1.82) is 0 Å². The Labute approximate surface area is 271 Å². The lowest BCUT2D eigenvalue weighted by Crippen LogP contribution is -2.20. The molecule has 0 aliphatic rings. The van der Waals surface area contributed by atoms with Crippen molar-refractivity contribution in [2.24, 2.45) is 0 Å². The van der Waals surface area contributed by atoms with Gasteiger partial charge in [-0.2, -0.15) is 0 Å². The summed E-state index contributed by atoms with van der Waals surface area (Å²) in [6.07, 6.45) is 1.97. The van der Waals surface area contributed by atoms with E-state index in [2.05, 4.69) is 132 Å². The van der Waals surface area contributed by atoms with E-state index in [1.54, 1.807) is 0 Å². The standard InChI is InChI=1S/C41H52O4/c1-13-15-42-37-29(7)21-35(22-30(37)8)44-39-25(3)17-33(18-26(39)4)41(11,12)34-19-27(5)40(28(6)20-34)45-36-23-31(9)38(32(10)24-36)43-16-14-2/h17-24H,13-16H2,1-12H3. The van der Waals surface area contributed by atoms with Gasteiger partial charge in [-0.1, -0.05) is 52.0 Å². The second-order valence-electron chi connectivity index (χ2n) is 13.2. The van der Waals surface area contributed by atoms with Crippen molar-refractivity contribution in [3.05, 3.63) is 104 Å². The second-order valence-corrected chi connectivity index (χ2v) is 13.2. The van der Waals surface area contributed by atoms with Crippen LogP contribution in [-0.4, -0.2) is 13.2 Å². The molecule has 240 valence electrons. The van der Waals surface area contributed by atoms with E-state index >= 15 is 0 Å². The number of hydrogen-bond donors (Lipinski definition) is 0. The summed E-state index contributed by atoms with van der Waals surface area (Å²) < 4.78 is 25.0. The normalized spacial score (nSPS) is 11.5. The summed E-state index contributed by atoms with van der Waals surface area (Å²) in [5.74, 6) is 5.39. The van der Waals surface area contributed by atoms with Gasteiger partial charge in [0.2, 0.25) is 0 Å². The van der Waals surface area contributed by atoms with Gasteiger partial charge in [0.25, 0.3) is 0 Å². The maximum atomic E-state index is 6.51. The van der Waals surface area contributed by atoms with E-state index in [-0.39, 0.29) is 5.41 Å². The highest BCUT2D eigenvalue weighted by Gasteiger charge is 2.27. The van der Waals surface area contributed by atoms with Crippen molar-refractivity contribution in [1.82, 2.24) is 0 Å². The van der Waals surface area contributed by atoms with E-state index in [1.807, 2.05) is 0 Å². The van der Waals surface area contributed by atoms with Gasteiger partial charge in [-0.15, -0.1) is 0 Å². The molecule has 45 heavy (non-hydrogen) atoms.